The molecule has 0 saturated carbocycles. The molecule has 0 radical (unpaired) electrons. The summed E-state index contributed by atoms with van der Waals surface area (Å²) in [5.74, 6) is -1.43. The largest absolute Gasteiger partial charge is 0.505 e. The quantitative estimate of drug-likeness (QED) is 0.466. The number of hydrogen-bond acceptors (Lipinski definition) is 5. The fourth-order valence-electron chi connectivity index (χ4n) is 1.99. The Morgan fingerprint density at radius 2 is 1.77 bits per heavy atom. The molecule has 0 saturated heterocycles. The average Bonchev–Trinajstić information content (AvgIpc) is 2.63. The Morgan fingerprint density at radius 3 is 2.27 bits per heavy atom. The van der Waals surface area contributed by atoms with E-state index in [1.165, 1.54) is 49.6 Å². The summed E-state index contributed by atoms with van der Waals surface area (Å²) in [6, 6.07) is 10.5. The minimum Gasteiger partial charge on any atom is -0.505 e. The van der Waals surface area contributed by atoms with E-state index in [-0.39, 0.29) is 21.4 Å². The van der Waals surface area contributed by atoms with Gasteiger partial charge in [0.25, 0.3) is 5.91 Å². The number of amides is 1. The molecule has 0 unspecified atom stereocenters. The van der Waals surface area contributed by atoms with Gasteiger partial charge in [-0.05, 0) is 48.0 Å². The van der Waals surface area contributed by atoms with Crippen molar-refractivity contribution in [2.24, 2.45) is 0 Å². The van der Waals surface area contributed by atoms with Crippen molar-refractivity contribution < 1.29 is 19.4 Å². The zero-order chi connectivity index (χ0) is 19.3. The molecule has 0 heterocycles. The van der Waals surface area contributed by atoms with Crippen LogP contribution < -0.4 is 5.32 Å². The van der Waals surface area contributed by atoms with Crippen molar-refractivity contribution in [2.45, 2.75) is 0 Å². The number of carbonyl (C=O) groups excluding carboxylic acids is 2. The Bertz CT molecular complexity index is 908. The maximum absolute atomic E-state index is 12.3. The van der Waals surface area contributed by atoms with Gasteiger partial charge < -0.3 is 15.2 Å². The Balaban J connectivity index is 2.21. The van der Waals surface area contributed by atoms with E-state index in [1.807, 2.05) is 0 Å². The normalized spacial score (nSPS) is 10.8. The van der Waals surface area contributed by atoms with Crippen LogP contribution in [0, 0.1) is 11.3 Å². The van der Waals surface area contributed by atoms with Crippen molar-refractivity contribution in [3.8, 4) is 11.8 Å². The van der Waals surface area contributed by atoms with Crippen LogP contribution in [0.15, 0.2) is 42.0 Å². The number of rotatable bonds is 4. The molecule has 2 rings (SSSR count). The minimum absolute atomic E-state index is 0.000142. The summed E-state index contributed by atoms with van der Waals surface area (Å²) < 4.78 is 4.59. The van der Waals surface area contributed by atoms with Crippen LogP contribution in [0.5, 0.6) is 5.75 Å². The molecule has 8 heteroatoms. The maximum atomic E-state index is 12.3. The van der Waals surface area contributed by atoms with E-state index >= 15 is 0 Å². The van der Waals surface area contributed by atoms with Gasteiger partial charge in [0, 0.05) is 5.69 Å². The second-order valence-electron chi connectivity index (χ2n) is 5.03. The molecule has 2 aromatic carbocycles. The summed E-state index contributed by atoms with van der Waals surface area (Å²) in [6.07, 6.45) is 1.29. The highest BCUT2D eigenvalue weighted by Gasteiger charge is 2.12. The van der Waals surface area contributed by atoms with Crippen LogP contribution in [-0.4, -0.2) is 24.1 Å². The van der Waals surface area contributed by atoms with Crippen molar-refractivity contribution in [1.29, 1.82) is 5.26 Å². The number of phenolic OH excluding ortho intramolecular Hbond substituents is 1. The summed E-state index contributed by atoms with van der Waals surface area (Å²) in [4.78, 5) is 23.6. The number of ether oxygens (including phenoxy) is 1. The number of esters is 1. The number of aromatic hydroxyl groups is 1. The Labute approximate surface area is 159 Å². The predicted molar refractivity (Wildman–Crippen MR) is 98.1 cm³/mol. The lowest BCUT2D eigenvalue weighted by Crippen LogP contribution is -2.13. The molecule has 2 aromatic rings. The van der Waals surface area contributed by atoms with E-state index in [0.29, 0.717) is 16.8 Å². The molecule has 2 N–H and O–H groups in total. The highest BCUT2D eigenvalue weighted by atomic mass is 35.5. The lowest BCUT2D eigenvalue weighted by molar-refractivity contribution is -0.112. The first-order valence-electron chi connectivity index (χ1n) is 7.15. The summed E-state index contributed by atoms with van der Waals surface area (Å²) in [7, 11) is 1.27. The third-order valence-corrected chi connectivity index (χ3v) is 3.86. The van der Waals surface area contributed by atoms with Crippen molar-refractivity contribution in [2.75, 3.05) is 12.4 Å². The number of halogens is 2. The highest BCUT2D eigenvalue weighted by Crippen LogP contribution is 2.33. The number of hydrogen-bond donors (Lipinski definition) is 2. The van der Waals surface area contributed by atoms with Gasteiger partial charge in [-0.15, -0.1) is 0 Å². The van der Waals surface area contributed by atoms with Crippen molar-refractivity contribution in [1.82, 2.24) is 0 Å². The predicted octanol–water partition coefficient (Wildman–Crippen LogP) is 4.03. The van der Waals surface area contributed by atoms with Crippen molar-refractivity contribution in [3.63, 3.8) is 0 Å². The van der Waals surface area contributed by atoms with Crippen LogP contribution in [-0.2, 0) is 9.53 Å². The fraction of sp³-hybridized carbons (Fsp3) is 0.0556. The fourth-order valence-corrected chi connectivity index (χ4v) is 2.49. The van der Waals surface area contributed by atoms with Crippen LogP contribution in [0.25, 0.3) is 6.08 Å². The van der Waals surface area contributed by atoms with Gasteiger partial charge in [-0.1, -0.05) is 23.2 Å². The molecule has 0 aliphatic carbocycles. The topological polar surface area (TPSA) is 99.4 Å². The zero-order valence-electron chi connectivity index (χ0n) is 13.4. The number of phenols is 1. The highest BCUT2D eigenvalue weighted by molar-refractivity contribution is 6.37. The first-order valence-corrected chi connectivity index (χ1v) is 7.91. The standard InChI is InChI=1S/C18H12Cl2N2O4/c1-26-18(25)11-2-4-13(5-3-11)22-17(24)12(9-21)6-10-7-14(19)16(23)15(20)8-10/h2-8,23H,1H3,(H,22,24)/b12-6+. The molecule has 0 aromatic heterocycles. The van der Waals surface area contributed by atoms with Gasteiger partial charge in [0.2, 0.25) is 0 Å². The third kappa shape index (κ3) is 4.54. The summed E-state index contributed by atoms with van der Waals surface area (Å²) in [5.41, 5.74) is 0.908. The zero-order valence-corrected chi connectivity index (χ0v) is 14.9. The number of nitrogens with one attached hydrogen (secondary N) is 1. The molecule has 132 valence electrons. The number of carbonyl (C=O) groups is 2. The summed E-state index contributed by atoms with van der Waals surface area (Å²) in [6.45, 7) is 0. The number of nitriles is 1. The lowest BCUT2D eigenvalue weighted by atomic mass is 10.1. The Morgan fingerprint density at radius 1 is 1.19 bits per heavy atom. The molecule has 0 fully saturated rings. The van der Waals surface area contributed by atoms with Gasteiger partial charge in [-0.2, -0.15) is 5.26 Å². The molecule has 0 aliphatic rings. The molecule has 0 atom stereocenters. The van der Waals surface area contributed by atoms with E-state index in [1.54, 1.807) is 6.07 Å². The summed E-state index contributed by atoms with van der Waals surface area (Å²) in [5, 5.41) is 21.3. The first kappa shape index (κ1) is 19.3. The Kier molecular flexibility index (Phi) is 6.23. The maximum Gasteiger partial charge on any atom is 0.337 e. The number of anilines is 1. The SMILES string of the molecule is COC(=O)c1ccc(NC(=O)/C(C#N)=C/c2cc(Cl)c(O)c(Cl)c2)cc1. The first-order chi connectivity index (χ1) is 12.3. The molecule has 0 bridgehead atoms. The summed E-state index contributed by atoms with van der Waals surface area (Å²) >= 11 is 11.6. The van der Waals surface area contributed by atoms with Crippen LogP contribution in [0.1, 0.15) is 15.9 Å². The second-order valence-corrected chi connectivity index (χ2v) is 5.84. The van der Waals surface area contributed by atoms with E-state index < -0.39 is 11.9 Å². The number of benzene rings is 2. The van der Waals surface area contributed by atoms with Crippen LogP contribution >= 0.6 is 23.2 Å². The molecule has 26 heavy (non-hydrogen) atoms. The van der Waals surface area contributed by atoms with Crippen LogP contribution in [0.3, 0.4) is 0 Å². The molecular weight excluding hydrogens is 379 g/mol. The molecular formula is C18H12Cl2N2O4. The van der Waals surface area contributed by atoms with Crippen LogP contribution in [0.4, 0.5) is 5.69 Å². The van der Waals surface area contributed by atoms with Crippen molar-refractivity contribution in [3.05, 3.63) is 63.1 Å². The number of nitrogens with zero attached hydrogens (tertiary/aromatic N) is 1. The molecule has 0 aliphatic heterocycles. The minimum atomic E-state index is -0.654. The van der Waals surface area contributed by atoms with Gasteiger partial charge in [0.1, 0.15) is 11.6 Å². The smallest absolute Gasteiger partial charge is 0.337 e. The molecule has 0 spiro atoms. The van der Waals surface area contributed by atoms with E-state index in [9.17, 15) is 20.0 Å². The van der Waals surface area contributed by atoms with Gasteiger partial charge in [0.05, 0.1) is 22.7 Å². The van der Waals surface area contributed by atoms with E-state index in [0.717, 1.165) is 0 Å². The average molecular weight is 391 g/mol. The second kappa shape index (κ2) is 8.39. The van der Waals surface area contributed by atoms with Crippen molar-refractivity contribution >= 4 is 46.8 Å². The lowest BCUT2D eigenvalue weighted by Gasteiger charge is -2.06. The molecule has 1 amide bonds. The van der Waals surface area contributed by atoms with Gasteiger partial charge >= 0.3 is 5.97 Å². The van der Waals surface area contributed by atoms with E-state index in [2.05, 4.69) is 10.1 Å². The van der Waals surface area contributed by atoms with Gasteiger partial charge in [-0.25, -0.2) is 4.79 Å². The van der Waals surface area contributed by atoms with Gasteiger partial charge in [0.15, 0.2) is 5.75 Å². The van der Waals surface area contributed by atoms with E-state index in [4.69, 9.17) is 23.2 Å². The van der Waals surface area contributed by atoms with Crippen LogP contribution in [0.2, 0.25) is 10.0 Å². The van der Waals surface area contributed by atoms with Gasteiger partial charge in [-0.3, -0.25) is 4.79 Å². The Hall–Kier alpha value is -3.01. The third-order valence-electron chi connectivity index (χ3n) is 3.28. The monoisotopic (exact) mass is 390 g/mol. The molecule has 6 nitrogen and oxygen atoms in total. The number of methoxy groups -OCH3 is 1.